The van der Waals surface area contributed by atoms with Crippen molar-refractivity contribution in [2.24, 2.45) is 0 Å². The molecule has 0 N–H and O–H groups in total. The van der Waals surface area contributed by atoms with Gasteiger partial charge in [-0.3, -0.25) is 0 Å². The highest BCUT2D eigenvalue weighted by atomic mass is 32.1. The first-order valence-electron chi connectivity index (χ1n) is 4.36. The van der Waals surface area contributed by atoms with Gasteiger partial charge in [0.1, 0.15) is 5.75 Å². The van der Waals surface area contributed by atoms with Crippen molar-refractivity contribution >= 4 is 12.6 Å². The predicted molar refractivity (Wildman–Crippen MR) is 59.7 cm³/mol. The molecule has 15 heavy (non-hydrogen) atoms. The summed E-state index contributed by atoms with van der Waals surface area (Å²) in [6.45, 7) is 0. The summed E-state index contributed by atoms with van der Waals surface area (Å²) in [5, 5.41) is 17.1. The Morgan fingerprint density at radius 2 is 2.20 bits per heavy atom. The maximum absolute atomic E-state index is 8.76. The summed E-state index contributed by atoms with van der Waals surface area (Å²) in [7, 11) is 1.55. The van der Waals surface area contributed by atoms with Crippen LogP contribution < -0.4 is 4.74 Å². The lowest BCUT2D eigenvalue weighted by Crippen LogP contribution is -1.96. The minimum absolute atomic E-state index is 0.224. The average molecular weight is 218 g/mol. The number of hydrogen-bond donors (Lipinski definition) is 1. The van der Waals surface area contributed by atoms with Crippen LogP contribution >= 0.6 is 12.6 Å². The van der Waals surface area contributed by atoms with Crippen LogP contribution in [-0.2, 0) is 0 Å². The lowest BCUT2D eigenvalue weighted by atomic mass is 10.1. The van der Waals surface area contributed by atoms with E-state index < -0.39 is 0 Å². The third-order valence-electron chi connectivity index (χ3n) is 2.00. The molecule has 0 saturated carbocycles. The largest absolute Gasteiger partial charge is 0.496 e. The van der Waals surface area contributed by atoms with E-state index in [1.165, 1.54) is 0 Å². The standard InChI is InChI=1S/C11H10N2OS/c1-14-10-3-2-8(7-13)6-9(10)11(15)4-5-12/h2-3,6,11,15H,4H2,1H3. The van der Waals surface area contributed by atoms with Gasteiger partial charge in [-0.05, 0) is 18.2 Å². The number of methoxy groups -OCH3 is 1. The predicted octanol–water partition coefficient (Wildman–Crippen LogP) is 2.45. The van der Waals surface area contributed by atoms with Crippen LogP contribution in [0.25, 0.3) is 0 Å². The van der Waals surface area contributed by atoms with Gasteiger partial charge in [0, 0.05) is 10.8 Å². The van der Waals surface area contributed by atoms with Crippen molar-refractivity contribution < 1.29 is 4.74 Å². The number of rotatable bonds is 3. The van der Waals surface area contributed by atoms with Crippen molar-refractivity contribution in [1.29, 1.82) is 10.5 Å². The molecule has 1 rings (SSSR count). The van der Waals surface area contributed by atoms with Crippen LogP contribution in [0.1, 0.15) is 22.8 Å². The van der Waals surface area contributed by atoms with Gasteiger partial charge >= 0.3 is 0 Å². The number of benzene rings is 1. The number of thiol groups is 1. The number of nitriles is 2. The molecule has 0 bridgehead atoms. The molecule has 3 nitrogen and oxygen atoms in total. The molecule has 0 saturated heterocycles. The normalized spacial score (nSPS) is 11.2. The quantitative estimate of drug-likeness (QED) is 0.793. The lowest BCUT2D eigenvalue weighted by Gasteiger charge is -2.12. The molecule has 0 heterocycles. The summed E-state index contributed by atoms with van der Waals surface area (Å²) in [5.74, 6) is 0.657. The molecule has 1 atom stereocenters. The molecule has 0 aliphatic heterocycles. The Bertz CT molecular complexity index is 431. The Labute approximate surface area is 94.3 Å². The van der Waals surface area contributed by atoms with Crippen LogP contribution in [0.15, 0.2) is 18.2 Å². The summed E-state index contributed by atoms with van der Waals surface area (Å²) in [4.78, 5) is 0. The van der Waals surface area contributed by atoms with E-state index in [-0.39, 0.29) is 11.7 Å². The first kappa shape index (κ1) is 11.4. The first-order valence-corrected chi connectivity index (χ1v) is 4.87. The van der Waals surface area contributed by atoms with Gasteiger partial charge in [-0.15, -0.1) is 0 Å². The molecule has 1 aromatic rings. The Morgan fingerprint density at radius 3 is 2.73 bits per heavy atom. The van der Waals surface area contributed by atoms with Crippen molar-refractivity contribution in [3.8, 4) is 17.9 Å². The fourth-order valence-electron chi connectivity index (χ4n) is 1.26. The summed E-state index contributed by atoms with van der Waals surface area (Å²) in [5.41, 5.74) is 1.32. The molecule has 0 fully saturated rings. The van der Waals surface area contributed by atoms with Crippen molar-refractivity contribution in [2.75, 3.05) is 7.11 Å². The molecule has 0 aliphatic rings. The third-order valence-corrected chi connectivity index (χ3v) is 2.46. The summed E-state index contributed by atoms with van der Waals surface area (Å²) in [6.07, 6.45) is 0.286. The van der Waals surface area contributed by atoms with E-state index in [4.69, 9.17) is 15.3 Å². The number of ether oxygens (including phenoxy) is 1. The highest BCUT2D eigenvalue weighted by molar-refractivity contribution is 7.80. The Kier molecular flexibility index (Phi) is 4.03. The molecule has 0 radical (unpaired) electrons. The molecular weight excluding hydrogens is 208 g/mol. The zero-order valence-corrected chi connectivity index (χ0v) is 9.16. The Hall–Kier alpha value is -1.65. The highest BCUT2D eigenvalue weighted by Crippen LogP contribution is 2.32. The summed E-state index contributed by atoms with van der Waals surface area (Å²) in [6, 6.07) is 9.18. The third kappa shape index (κ3) is 2.65. The zero-order chi connectivity index (χ0) is 11.3. The average Bonchev–Trinajstić information content (AvgIpc) is 2.28. The van der Waals surface area contributed by atoms with E-state index >= 15 is 0 Å². The Morgan fingerprint density at radius 1 is 1.47 bits per heavy atom. The van der Waals surface area contributed by atoms with Gasteiger partial charge in [0.25, 0.3) is 0 Å². The van der Waals surface area contributed by atoms with Gasteiger partial charge in [-0.1, -0.05) is 0 Å². The smallest absolute Gasteiger partial charge is 0.123 e. The minimum Gasteiger partial charge on any atom is -0.496 e. The second-order valence-corrected chi connectivity index (χ2v) is 3.57. The van der Waals surface area contributed by atoms with Crippen molar-refractivity contribution in [1.82, 2.24) is 0 Å². The number of hydrogen-bond acceptors (Lipinski definition) is 4. The molecular formula is C11H10N2OS. The highest BCUT2D eigenvalue weighted by Gasteiger charge is 2.12. The minimum atomic E-state index is -0.224. The maximum Gasteiger partial charge on any atom is 0.123 e. The van der Waals surface area contributed by atoms with Gasteiger partial charge in [0.05, 0.1) is 31.2 Å². The zero-order valence-electron chi connectivity index (χ0n) is 8.27. The molecule has 0 spiro atoms. The van der Waals surface area contributed by atoms with Crippen molar-refractivity contribution in [3.63, 3.8) is 0 Å². The van der Waals surface area contributed by atoms with E-state index in [1.54, 1.807) is 25.3 Å². The van der Waals surface area contributed by atoms with E-state index in [0.29, 0.717) is 11.3 Å². The van der Waals surface area contributed by atoms with Gasteiger partial charge in [-0.2, -0.15) is 23.2 Å². The molecule has 76 valence electrons. The van der Waals surface area contributed by atoms with Crippen LogP contribution in [0.3, 0.4) is 0 Å². The van der Waals surface area contributed by atoms with Crippen molar-refractivity contribution in [2.45, 2.75) is 11.7 Å². The summed E-state index contributed by atoms with van der Waals surface area (Å²) < 4.78 is 5.14. The SMILES string of the molecule is COc1ccc(C#N)cc1C(S)CC#N. The van der Waals surface area contributed by atoms with Crippen LogP contribution in [-0.4, -0.2) is 7.11 Å². The van der Waals surface area contributed by atoms with E-state index in [1.807, 2.05) is 12.1 Å². The number of nitrogens with zero attached hydrogens (tertiary/aromatic N) is 2. The Balaban J connectivity index is 3.13. The van der Waals surface area contributed by atoms with Crippen LogP contribution in [0, 0.1) is 22.7 Å². The molecule has 1 unspecified atom stereocenters. The van der Waals surface area contributed by atoms with E-state index in [0.717, 1.165) is 5.56 Å². The molecule has 1 aromatic carbocycles. The first-order chi connectivity index (χ1) is 7.22. The fourth-order valence-corrected chi connectivity index (χ4v) is 1.54. The molecule has 4 heteroatoms. The van der Waals surface area contributed by atoms with E-state index in [9.17, 15) is 0 Å². The van der Waals surface area contributed by atoms with Gasteiger partial charge in [-0.25, -0.2) is 0 Å². The molecule has 0 aliphatic carbocycles. The second kappa shape index (κ2) is 5.29. The van der Waals surface area contributed by atoms with Gasteiger partial charge in [0.15, 0.2) is 0 Å². The molecule has 0 amide bonds. The van der Waals surface area contributed by atoms with Crippen LogP contribution in [0.4, 0.5) is 0 Å². The topological polar surface area (TPSA) is 56.8 Å². The second-order valence-electron chi connectivity index (χ2n) is 2.95. The van der Waals surface area contributed by atoms with E-state index in [2.05, 4.69) is 12.6 Å². The maximum atomic E-state index is 8.76. The van der Waals surface area contributed by atoms with Gasteiger partial charge in [0.2, 0.25) is 0 Å². The van der Waals surface area contributed by atoms with Crippen LogP contribution in [0.2, 0.25) is 0 Å². The summed E-state index contributed by atoms with van der Waals surface area (Å²) >= 11 is 4.30. The molecule has 0 aromatic heterocycles. The van der Waals surface area contributed by atoms with Crippen molar-refractivity contribution in [3.05, 3.63) is 29.3 Å². The fraction of sp³-hybridized carbons (Fsp3) is 0.273. The lowest BCUT2D eigenvalue weighted by molar-refractivity contribution is 0.409. The van der Waals surface area contributed by atoms with Gasteiger partial charge < -0.3 is 4.74 Å². The van der Waals surface area contributed by atoms with Crippen LogP contribution in [0.5, 0.6) is 5.75 Å². The monoisotopic (exact) mass is 218 g/mol.